The number of rotatable bonds is 5. The summed E-state index contributed by atoms with van der Waals surface area (Å²) in [5.41, 5.74) is -0.183. The fourth-order valence-electron chi connectivity index (χ4n) is 1.82. The largest absolute Gasteiger partial charge is 0.464 e. The van der Waals surface area contributed by atoms with Crippen molar-refractivity contribution < 1.29 is 13.9 Å². The third-order valence-corrected chi connectivity index (χ3v) is 3.16. The summed E-state index contributed by atoms with van der Waals surface area (Å²) in [5, 5.41) is 3.13. The molecule has 2 rings (SSSR count). The maximum atomic E-state index is 11.9. The van der Waals surface area contributed by atoms with Gasteiger partial charge in [-0.1, -0.05) is 0 Å². The van der Waals surface area contributed by atoms with Crippen molar-refractivity contribution in [1.82, 2.24) is 10.2 Å². The SMILES string of the molecule is Cc1ccc(CN(C)C(=O)COC2(C)CNC2)o1. The van der Waals surface area contributed by atoms with E-state index in [1.165, 1.54) is 0 Å². The normalized spacial score (nSPS) is 17.3. The lowest BCUT2D eigenvalue weighted by Crippen LogP contribution is -2.59. The highest BCUT2D eigenvalue weighted by atomic mass is 16.5. The third kappa shape index (κ3) is 3.11. The minimum Gasteiger partial charge on any atom is -0.464 e. The van der Waals surface area contributed by atoms with Gasteiger partial charge in [0.05, 0.1) is 12.1 Å². The van der Waals surface area contributed by atoms with Gasteiger partial charge in [-0.25, -0.2) is 0 Å². The lowest BCUT2D eigenvalue weighted by Gasteiger charge is -2.39. The molecule has 1 aliphatic heterocycles. The molecule has 0 unspecified atom stereocenters. The van der Waals surface area contributed by atoms with E-state index in [-0.39, 0.29) is 18.1 Å². The minimum atomic E-state index is -0.183. The summed E-state index contributed by atoms with van der Waals surface area (Å²) in [5.74, 6) is 1.62. The molecule has 2 heterocycles. The highest BCUT2D eigenvalue weighted by Crippen LogP contribution is 2.15. The van der Waals surface area contributed by atoms with Crippen LogP contribution in [0.25, 0.3) is 0 Å². The fraction of sp³-hybridized carbons (Fsp3) is 0.615. The Morgan fingerprint density at radius 1 is 1.56 bits per heavy atom. The van der Waals surface area contributed by atoms with E-state index >= 15 is 0 Å². The Labute approximate surface area is 107 Å². The number of aryl methyl sites for hydroxylation is 1. The maximum Gasteiger partial charge on any atom is 0.248 e. The number of nitrogens with zero attached hydrogens (tertiary/aromatic N) is 1. The second-order valence-electron chi connectivity index (χ2n) is 5.10. The second-order valence-corrected chi connectivity index (χ2v) is 5.10. The average molecular weight is 252 g/mol. The van der Waals surface area contributed by atoms with Crippen molar-refractivity contribution in [3.8, 4) is 0 Å². The lowest BCUT2D eigenvalue weighted by atomic mass is 10.0. The molecule has 1 N–H and O–H groups in total. The van der Waals surface area contributed by atoms with Crippen LogP contribution in [0.1, 0.15) is 18.4 Å². The molecule has 0 aliphatic carbocycles. The van der Waals surface area contributed by atoms with Crippen LogP contribution in [0.2, 0.25) is 0 Å². The van der Waals surface area contributed by atoms with Gasteiger partial charge in [0.15, 0.2) is 0 Å². The summed E-state index contributed by atoms with van der Waals surface area (Å²) >= 11 is 0. The van der Waals surface area contributed by atoms with Crippen molar-refractivity contribution in [3.05, 3.63) is 23.7 Å². The molecule has 0 aromatic carbocycles. The molecule has 18 heavy (non-hydrogen) atoms. The molecule has 100 valence electrons. The van der Waals surface area contributed by atoms with E-state index in [1.807, 2.05) is 26.0 Å². The standard InChI is InChI=1S/C13H20N2O3/c1-10-4-5-11(18-10)6-15(3)12(16)7-17-13(2)8-14-9-13/h4-5,14H,6-9H2,1-3H3. The summed E-state index contributed by atoms with van der Waals surface area (Å²) in [6.45, 7) is 6.10. The minimum absolute atomic E-state index is 0.0304. The Kier molecular flexibility index (Phi) is 3.73. The fourth-order valence-corrected chi connectivity index (χ4v) is 1.82. The van der Waals surface area contributed by atoms with Gasteiger partial charge < -0.3 is 19.4 Å². The van der Waals surface area contributed by atoms with Crippen LogP contribution in [0.4, 0.5) is 0 Å². The Bertz CT molecular complexity index is 424. The van der Waals surface area contributed by atoms with E-state index in [0.717, 1.165) is 24.6 Å². The van der Waals surface area contributed by atoms with Gasteiger partial charge >= 0.3 is 0 Å². The van der Waals surface area contributed by atoms with E-state index in [9.17, 15) is 4.79 Å². The van der Waals surface area contributed by atoms with E-state index in [4.69, 9.17) is 9.15 Å². The second kappa shape index (κ2) is 5.12. The lowest BCUT2D eigenvalue weighted by molar-refractivity contribution is -0.145. The molecule has 1 aromatic rings. The maximum absolute atomic E-state index is 11.9. The first-order chi connectivity index (χ1) is 8.48. The van der Waals surface area contributed by atoms with E-state index in [0.29, 0.717) is 6.54 Å². The van der Waals surface area contributed by atoms with E-state index < -0.39 is 0 Å². The molecular weight excluding hydrogens is 232 g/mol. The van der Waals surface area contributed by atoms with Crippen molar-refractivity contribution in [2.45, 2.75) is 26.0 Å². The monoisotopic (exact) mass is 252 g/mol. The Balaban J connectivity index is 1.77. The summed E-state index contributed by atoms with van der Waals surface area (Å²) in [4.78, 5) is 13.5. The molecule has 0 bridgehead atoms. The zero-order valence-corrected chi connectivity index (χ0v) is 11.2. The number of furan rings is 1. The van der Waals surface area contributed by atoms with E-state index in [1.54, 1.807) is 11.9 Å². The number of likely N-dealkylation sites (N-methyl/N-ethyl adjacent to an activating group) is 1. The first-order valence-electron chi connectivity index (χ1n) is 6.12. The summed E-state index contributed by atoms with van der Waals surface area (Å²) in [6, 6.07) is 3.78. The number of nitrogens with one attached hydrogen (secondary N) is 1. The highest BCUT2D eigenvalue weighted by Gasteiger charge is 2.33. The Morgan fingerprint density at radius 2 is 2.28 bits per heavy atom. The van der Waals surface area contributed by atoms with E-state index in [2.05, 4.69) is 5.32 Å². The molecule has 0 spiro atoms. The van der Waals surface area contributed by atoms with Gasteiger partial charge in [0.25, 0.3) is 0 Å². The molecule has 1 aliphatic rings. The number of hydrogen-bond donors (Lipinski definition) is 1. The number of ether oxygens (including phenoxy) is 1. The van der Waals surface area contributed by atoms with Crippen molar-refractivity contribution in [3.63, 3.8) is 0 Å². The quantitative estimate of drug-likeness (QED) is 0.847. The van der Waals surface area contributed by atoms with Gasteiger partial charge in [0.1, 0.15) is 18.1 Å². The van der Waals surface area contributed by atoms with Gasteiger partial charge in [-0.05, 0) is 26.0 Å². The average Bonchev–Trinajstić information content (AvgIpc) is 2.69. The van der Waals surface area contributed by atoms with Gasteiger partial charge in [0.2, 0.25) is 5.91 Å². The molecule has 0 atom stereocenters. The molecule has 0 saturated carbocycles. The predicted molar refractivity (Wildman–Crippen MR) is 67.1 cm³/mol. The molecule has 1 saturated heterocycles. The number of carbonyl (C=O) groups is 1. The first-order valence-corrected chi connectivity index (χ1v) is 6.12. The van der Waals surface area contributed by atoms with Gasteiger partial charge in [-0.2, -0.15) is 0 Å². The molecule has 5 heteroatoms. The van der Waals surface area contributed by atoms with Crippen molar-refractivity contribution in [2.24, 2.45) is 0 Å². The zero-order valence-electron chi connectivity index (χ0n) is 11.2. The summed E-state index contributed by atoms with van der Waals surface area (Å²) in [6.07, 6.45) is 0. The van der Waals surface area contributed by atoms with Crippen LogP contribution < -0.4 is 5.32 Å². The summed E-state index contributed by atoms with van der Waals surface area (Å²) in [7, 11) is 1.75. The van der Waals surface area contributed by atoms with Crippen LogP contribution in [0.15, 0.2) is 16.5 Å². The van der Waals surface area contributed by atoms with Gasteiger partial charge in [-0.15, -0.1) is 0 Å². The predicted octanol–water partition coefficient (Wildman–Crippen LogP) is 0.925. The number of hydrogen-bond acceptors (Lipinski definition) is 4. The highest BCUT2D eigenvalue weighted by molar-refractivity contribution is 5.77. The van der Waals surface area contributed by atoms with Crippen molar-refractivity contribution in [2.75, 3.05) is 26.7 Å². The van der Waals surface area contributed by atoms with Crippen LogP contribution in [0.3, 0.4) is 0 Å². The molecule has 1 fully saturated rings. The zero-order chi connectivity index (χ0) is 13.2. The molecule has 5 nitrogen and oxygen atoms in total. The first kappa shape index (κ1) is 13.1. The van der Waals surface area contributed by atoms with Crippen molar-refractivity contribution in [1.29, 1.82) is 0 Å². The Morgan fingerprint density at radius 3 is 2.78 bits per heavy atom. The molecule has 0 radical (unpaired) electrons. The van der Waals surface area contributed by atoms with Crippen LogP contribution in [-0.4, -0.2) is 43.2 Å². The summed E-state index contributed by atoms with van der Waals surface area (Å²) < 4.78 is 11.0. The van der Waals surface area contributed by atoms with Crippen LogP contribution in [0.5, 0.6) is 0 Å². The van der Waals surface area contributed by atoms with Crippen LogP contribution in [-0.2, 0) is 16.1 Å². The van der Waals surface area contributed by atoms with Crippen LogP contribution >= 0.6 is 0 Å². The third-order valence-electron chi connectivity index (χ3n) is 3.16. The topological polar surface area (TPSA) is 54.7 Å². The number of amides is 1. The Hall–Kier alpha value is -1.33. The van der Waals surface area contributed by atoms with Crippen LogP contribution in [0, 0.1) is 6.92 Å². The van der Waals surface area contributed by atoms with Crippen molar-refractivity contribution >= 4 is 5.91 Å². The molecular formula is C13H20N2O3. The molecule has 1 amide bonds. The van der Waals surface area contributed by atoms with Gasteiger partial charge in [-0.3, -0.25) is 4.79 Å². The smallest absolute Gasteiger partial charge is 0.248 e. The number of carbonyl (C=O) groups excluding carboxylic acids is 1. The van der Waals surface area contributed by atoms with Gasteiger partial charge in [0, 0.05) is 20.1 Å². The molecule has 1 aromatic heterocycles.